The van der Waals surface area contributed by atoms with Gasteiger partial charge in [-0.25, -0.2) is 9.97 Å². The van der Waals surface area contributed by atoms with E-state index in [4.69, 9.17) is 0 Å². The van der Waals surface area contributed by atoms with Gasteiger partial charge in [0, 0.05) is 25.4 Å². The largest absolute Gasteiger partial charge is 0.354 e. The molecule has 0 spiro atoms. The third kappa shape index (κ3) is 3.51. The van der Waals surface area contributed by atoms with E-state index in [1.807, 2.05) is 12.4 Å². The highest BCUT2D eigenvalue weighted by atomic mass is 16.1. The van der Waals surface area contributed by atoms with Crippen LogP contribution >= 0.6 is 0 Å². The van der Waals surface area contributed by atoms with Crippen molar-refractivity contribution in [1.82, 2.24) is 9.97 Å². The molecule has 0 amide bonds. The number of ketones is 1. The van der Waals surface area contributed by atoms with E-state index in [9.17, 15) is 4.79 Å². The molecule has 0 saturated heterocycles. The van der Waals surface area contributed by atoms with E-state index < -0.39 is 0 Å². The fourth-order valence-corrected chi connectivity index (χ4v) is 2.25. The Balaban J connectivity index is 1.86. The molecule has 0 aliphatic heterocycles. The summed E-state index contributed by atoms with van der Waals surface area (Å²) in [5.74, 6) is 1.45. The van der Waals surface area contributed by atoms with Crippen LogP contribution in [0.4, 0.5) is 5.95 Å². The minimum Gasteiger partial charge on any atom is -0.354 e. The van der Waals surface area contributed by atoms with E-state index in [0.29, 0.717) is 24.8 Å². The number of anilines is 1. The number of Topliss-reactive ketones (excluding diaryl/α,β-unsaturated/α-hetero) is 1. The third-order valence-corrected chi connectivity index (χ3v) is 3.26. The monoisotopic (exact) mass is 233 g/mol. The standard InChI is InChI=1S/C13H19N3O/c1-10(17)6-7-14-13-15-8-12(9-16-13)11-4-2-3-5-11/h8-9,11H,2-7H2,1H3,(H,14,15,16). The van der Waals surface area contributed by atoms with Crippen molar-refractivity contribution in [2.45, 2.75) is 44.9 Å². The van der Waals surface area contributed by atoms with Crippen LogP contribution < -0.4 is 5.32 Å². The summed E-state index contributed by atoms with van der Waals surface area (Å²) >= 11 is 0. The first-order chi connectivity index (χ1) is 8.25. The Bertz CT molecular complexity index is 369. The van der Waals surface area contributed by atoms with Crippen LogP contribution in [0.5, 0.6) is 0 Å². The van der Waals surface area contributed by atoms with Crippen molar-refractivity contribution in [2.75, 3.05) is 11.9 Å². The summed E-state index contributed by atoms with van der Waals surface area (Å²) in [5, 5.41) is 3.05. The van der Waals surface area contributed by atoms with Gasteiger partial charge in [0.2, 0.25) is 5.95 Å². The third-order valence-electron chi connectivity index (χ3n) is 3.26. The van der Waals surface area contributed by atoms with E-state index in [0.717, 1.165) is 0 Å². The van der Waals surface area contributed by atoms with E-state index >= 15 is 0 Å². The molecular weight excluding hydrogens is 214 g/mol. The molecule has 1 aromatic heterocycles. The van der Waals surface area contributed by atoms with Crippen LogP contribution in [-0.4, -0.2) is 22.3 Å². The molecule has 1 heterocycles. The second-order valence-electron chi connectivity index (χ2n) is 4.70. The van der Waals surface area contributed by atoms with Crippen molar-refractivity contribution in [3.63, 3.8) is 0 Å². The topological polar surface area (TPSA) is 54.9 Å². The summed E-state index contributed by atoms with van der Waals surface area (Å²) in [4.78, 5) is 19.4. The van der Waals surface area contributed by atoms with Crippen molar-refractivity contribution in [3.05, 3.63) is 18.0 Å². The van der Waals surface area contributed by atoms with Crippen LogP contribution in [0.3, 0.4) is 0 Å². The van der Waals surface area contributed by atoms with E-state index in [1.165, 1.54) is 31.2 Å². The molecule has 1 aliphatic carbocycles. The maximum atomic E-state index is 10.8. The maximum absolute atomic E-state index is 10.8. The molecule has 1 N–H and O–H groups in total. The molecule has 2 rings (SSSR count). The number of carbonyl (C=O) groups excluding carboxylic acids is 1. The SMILES string of the molecule is CC(=O)CCNc1ncc(C2CCCC2)cn1. The summed E-state index contributed by atoms with van der Waals surface area (Å²) in [5.41, 5.74) is 1.25. The molecule has 0 bridgehead atoms. The molecule has 1 saturated carbocycles. The van der Waals surface area contributed by atoms with Gasteiger partial charge in [0.25, 0.3) is 0 Å². The lowest BCUT2D eigenvalue weighted by molar-refractivity contribution is -0.116. The highest BCUT2D eigenvalue weighted by Gasteiger charge is 2.17. The molecule has 0 atom stereocenters. The van der Waals surface area contributed by atoms with Gasteiger partial charge in [0.05, 0.1) is 0 Å². The molecule has 92 valence electrons. The summed E-state index contributed by atoms with van der Waals surface area (Å²) in [6.45, 7) is 2.20. The zero-order valence-corrected chi connectivity index (χ0v) is 10.3. The fourth-order valence-electron chi connectivity index (χ4n) is 2.25. The Labute approximate surface area is 102 Å². The van der Waals surface area contributed by atoms with Gasteiger partial charge in [-0.1, -0.05) is 12.8 Å². The molecule has 4 nitrogen and oxygen atoms in total. The molecule has 1 aromatic rings. The van der Waals surface area contributed by atoms with Crippen molar-refractivity contribution in [3.8, 4) is 0 Å². The first-order valence-electron chi connectivity index (χ1n) is 6.31. The number of aromatic nitrogens is 2. The number of hydrogen-bond acceptors (Lipinski definition) is 4. The predicted octanol–water partition coefficient (Wildman–Crippen LogP) is 2.53. The summed E-state index contributed by atoms with van der Waals surface area (Å²) in [6.07, 6.45) is 9.53. The highest BCUT2D eigenvalue weighted by molar-refractivity contribution is 5.75. The van der Waals surface area contributed by atoms with Gasteiger partial charge in [0.15, 0.2) is 0 Å². The number of hydrogen-bond donors (Lipinski definition) is 1. The van der Waals surface area contributed by atoms with Crippen LogP contribution in [0.15, 0.2) is 12.4 Å². The lowest BCUT2D eigenvalue weighted by atomic mass is 10.0. The fraction of sp³-hybridized carbons (Fsp3) is 0.615. The molecule has 17 heavy (non-hydrogen) atoms. The second kappa shape index (κ2) is 5.75. The van der Waals surface area contributed by atoms with Crippen molar-refractivity contribution in [1.29, 1.82) is 0 Å². The molecule has 0 aromatic carbocycles. The summed E-state index contributed by atoms with van der Waals surface area (Å²) < 4.78 is 0. The second-order valence-corrected chi connectivity index (χ2v) is 4.70. The average Bonchev–Trinajstić information content (AvgIpc) is 2.83. The van der Waals surface area contributed by atoms with E-state index in [2.05, 4.69) is 15.3 Å². The van der Waals surface area contributed by atoms with Gasteiger partial charge in [-0.2, -0.15) is 0 Å². The van der Waals surface area contributed by atoms with Gasteiger partial charge in [-0.3, -0.25) is 4.79 Å². The smallest absolute Gasteiger partial charge is 0.222 e. The summed E-state index contributed by atoms with van der Waals surface area (Å²) in [6, 6.07) is 0. The highest BCUT2D eigenvalue weighted by Crippen LogP contribution is 2.33. The molecule has 4 heteroatoms. The number of nitrogens with one attached hydrogen (secondary N) is 1. The van der Waals surface area contributed by atoms with Crippen LogP contribution in [0.2, 0.25) is 0 Å². The van der Waals surface area contributed by atoms with E-state index in [-0.39, 0.29) is 5.78 Å². The Morgan fingerprint density at radius 1 is 1.35 bits per heavy atom. The predicted molar refractivity (Wildman–Crippen MR) is 67.0 cm³/mol. The zero-order valence-electron chi connectivity index (χ0n) is 10.3. The minimum atomic E-state index is 0.181. The van der Waals surface area contributed by atoms with Gasteiger partial charge >= 0.3 is 0 Å². The van der Waals surface area contributed by atoms with E-state index in [1.54, 1.807) is 6.92 Å². The molecule has 1 aliphatic rings. The molecule has 0 unspecified atom stereocenters. The lowest BCUT2D eigenvalue weighted by Gasteiger charge is -2.09. The Morgan fingerprint density at radius 2 is 2.00 bits per heavy atom. The van der Waals surface area contributed by atoms with Crippen LogP contribution in [0.25, 0.3) is 0 Å². The Kier molecular flexibility index (Phi) is 4.07. The van der Waals surface area contributed by atoms with Gasteiger partial charge in [-0.05, 0) is 31.2 Å². The van der Waals surface area contributed by atoms with Gasteiger partial charge in [-0.15, -0.1) is 0 Å². The van der Waals surface area contributed by atoms with Crippen LogP contribution in [-0.2, 0) is 4.79 Å². The van der Waals surface area contributed by atoms with Gasteiger partial charge < -0.3 is 5.32 Å². The van der Waals surface area contributed by atoms with Crippen LogP contribution in [0.1, 0.15) is 50.5 Å². The Hall–Kier alpha value is -1.45. The van der Waals surface area contributed by atoms with Crippen molar-refractivity contribution >= 4 is 11.7 Å². The minimum absolute atomic E-state index is 0.181. The van der Waals surface area contributed by atoms with Crippen LogP contribution in [0, 0.1) is 0 Å². The van der Waals surface area contributed by atoms with Crippen molar-refractivity contribution in [2.24, 2.45) is 0 Å². The molecule has 1 fully saturated rings. The summed E-state index contributed by atoms with van der Waals surface area (Å²) in [7, 11) is 0. The van der Waals surface area contributed by atoms with Gasteiger partial charge in [0.1, 0.15) is 5.78 Å². The normalized spacial score (nSPS) is 16.1. The molecular formula is C13H19N3O. The zero-order chi connectivity index (χ0) is 12.1. The Morgan fingerprint density at radius 3 is 2.59 bits per heavy atom. The first kappa shape index (κ1) is 12.0. The maximum Gasteiger partial charge on any atom is 0.222 e. The van der Waals surface area contributed by atoms with Crippen molar-refractivity contribution < 1.29 is 4.79 Å². The number of carbonyl (C=O) groups is 1. The average molecular weight is 233 g/mol. The lowest BCUT2D eigenvalue weighted by Crippen LogP contribution is -2.09. The quantitative estimate of drug-likeness (QED) is 0.849. The number of rotatable bonds is 5. The number of nitrogens with zero attached hydrogens (tertiary/aromatic N) is 2. The molecule has 0 radical (unpaired) electrons. The first-order valence-corrected chi connectivity index (χ1v) is 6.31.